The normalized spacial score (nSPS) is 10.2. The average Bonchev–Trinajstić information content (AvgIpc) is 2.01. The van der Waals surface area contributed by atoms with E-state index >= 15 is 0 Å². The van der Waals surface area contributed by atoms with Gasteiger partial charge < -0.3 is 0 Å². The van der Waals surface area contributed by atoms with Gasteiger partial charge in [-0.2, -0.15) is 0 Å². The van der Waals surface area contributed by atoms with Crippen molar-refractivity contribution in [2.45, 2.75) is 18.7 Å². The van der Waals surface area contributed by atoms with Gasteiger partial charge in [-0.3, -0.25) is 0 Å². The number of thioether (sulfide) groups is 1. The molecule has 0 aromatic heterocycles. The number of hydrogen-bond donors (Lipinski definition) is 0. The van der Waals surface area contributed by atoms with Crippen molar-refractivity contribution in [3.8, 4) is 0 Å². The first-order chi connectivity index (χ1) is 5.16. The van der Waals surface area contributed by atoms with Crippen LogP contribution in [0.5, 0.6) is 0 Å². The maximum Gasteiger partial charge on any atom is 0.139 e. The van der Waals surface area contributed by atoms with Gasteiger partial charge in [0.25, 0.3) is 0 Å². The predicted molar refractivity (Wildman–Crippen MR) is 47.7 cm³/mol. The number of benzene rings is 1. The minimum atomic E-state index is -0.0718. The molecular weight excluding hydrogens is 159 g/mol. The fraction of sp³-hybridized carbons (Fsp3) is 0.333. The van der Waals surface area contributed by atoms with Crippen LogP contribution in [0.2, 0.25) is 0 Å². The standard InChI is InChI=1S/C9H11FS/c1-6-4-5-8(11-3)9(10)7(6)2/h4-5H,1-3H3. The molecule has 11 heavy (non-hydrogen) atoms. The molecule has 0 nitrogen and oxygen atoms in total. The Morgan fingerprint density at radius 2 is 1.91 bits per heavy atom. The quantitative estimate of drug-likeness (QED) is 0.583. The lowest BCUT2D eigenvalue weighted by atomic mass is 10.1. The molecule has 0 unspecified atom stereocenters. The van der Waals surface area contributed by atoms with Crippen LogP contribution >= 0.6 is 11.8 Å². The monoisotopic (exact) mass is 170 g/mol. The second kappa shape index (κ2) is 3.26. The molecule has 0 radical (unpaired) electrons. The lowest BCUT2D eigenvalue weighted by Gasteiger charge is -2.04. The van der Waals surface area contributed by atoms with E-state index in [0.717, 1.165) is 16.0 Å². The van der Waals surface area contributed by atoms with Gasteiger partial charge in [0, 0.05) is 4.90 Å². The van der Waals surface area contributed by atoms with Gasteiger partial charge in [-0.25, -0.2) is 4.39 Å². The summed E-state index contributed by atoms with van der Waals surface area (Å²) in [6.07, 6.45) is 1.88. The summed E-state index contributed by atoms with van der Waals surface area (Å²) < 4.78 is 13.2. The van der Waals surface area contributed by atoms with Gasteiger partial charge >= 0.3 is 0 Å². The zero-order valence-electron chi connectivity index (χ0n) is 6.94. The van der Waals surface area contributed by atoms with Crippen molar-refractivity contribution in [2.24, 2.45) is 0 Å². The van der Waals surface area contributed by atoms with Crippen LogP contribution in [0.1, 0.15) is 11.1 Å². The molecule has 60 valence electrons. The van der Waals surface area contributed by atoms with Crippen molar-refractivity contribution in [1.82, 2.24) is 0 Å². The predicted octanol–water partition coefficient (Wildman–Crippen LogP) is 3.16. The number of hydrogen-bond acceptors (Lipinski definition) is 1. The Morgan fingerprint density at radius 1 is 1.27 bits per heavy atom. The lowest BCUT2D eigenvalue weighted by Crippen LogP contribution is -1.89. The van der Waals surface area contributed by atoms with Crippen molar-refractivity contribution in [1.29, 1.82) is 0 Å². The maximum atomic E-state index is 13.2. The molecule has 0 saturated carbocycles. The van der Waals surface area contributed by atoms with E-state index in [1.807, 2.05) is 32.2 Å². The Hall–Kier alpha value is -0.500. The molecule has 0 N–H and O–H groups in total. The van der Waals surface area contributed by atoms with Crippen LogP contribution in [0.3, 0.4) is 0 Å². The first kappa shape index (κ1) is 8.60. The van der Waals surface area contributed by atoms with E-state index < -0.39 is 0 Å². The first-order valence-electron chi connectivity index (χ1n) is 3.46. The third kappa shape index (κ3) is 1.56. The van der Waals surface area contributed by atoms with Crippen molar-refractivity contribution >= 4 is 11.8 Å². The van der Waals surface area contributed by atoms with E-state index in [1.165, 1.54) is 11.8 Å². The lowest BCUT2D eigenvalue weighted by molar-refractivity contribution is 0.591. The van der Waals surface area contributed by atoms with E-state index in [9.17, 15) is 4.39 Å². The van der Waals surface area contributed by atoms with Crippen LogP contribution < -0.4 is 0 Å². The third-order valence-corrected chi connectivity index (χ3v) is 2.60. The Bertz CT molecular complexity index is 269. The van der Waals surface area contributed by atoms with Gasteiger partial charge in [0.1, 0.15) is 5.82 Å². The van der Waals surface area contributed by atoms with Crippen molar-refractivity contribution in [3.63, 3.8) is 0 Å². The Labute approximate surface area is 70.8 Å². The van der Waals surface area contributed by atoms with Gasteiger partial charge in [-0.1, -0.05) is 6.07 Å². The number of rotatable bonds is 1. The van der Waals surface area contributed by atoms with Crippen LogP contribution in [-0.4, -0.2) is 6.26 Å². The van der Waals surface area contributed by atoms with E-state index in [-0.39, 0.29) is 5.82 Å². The molecule has 0 aliphatic rings. The van der Waals surface area contributed by atoms with Crippen molar-refractivity contribution in [3.05, 3.63) is 29.1 Å². The summed E-state index contributed by atoms with van der Waals surface area (Å²) in [5.74, 6) is -0.0718. The van der Waals surface area contributed by atoms with Crippen molar-refractivity contribution < 1.29 is 4.39 Å². The van der Waals surface area contributed by atoms with E-state index in [2.05, 4.69) is 0 Å². The highest BCUT2D eigenvalue weighted by molar-refractivity contribution is 7.98. The highest BCUT2D eigenvalue weighted by atomic mass is 32.2. The zero-order valence-corrected chi connectivity index (χ0v) is 7.76. The second-order valence-corrected chi connectivity index (χ2v) is 3.37. The molecule has 0 amide bonds. The molecule has 0 atom stereocenters. The Balaban J connectivity index is 3.25. The molecule has 0 aliphatic carbocycles. The summed E-state index contributed by atoms with van der Waals surface area (Å²) in [6.45, 7) is 3.73. The van der Waals surface area contributed by atoms with Crippen LogP contribution in [0.25, 0.3) is 0 Å². The molecule has 1 aromatic rings. The highest BCUT2D eigenvalue weighted by Gasteiger charge is 2.05. The van der Waals surface area contributed by atoms with Gasteiger partial charge in [0.2, 0.25) is 0 Å². The van der Waals surface area contributed by atoms with Gasteiger partial charge in [0.15, 0.2) is 0 Å². The minimum absolute atomic E-state index is 0.0718. The molecule has 2 heteroatoms. The highest BCUT2D eigenvalue weighted by Crippen LogP contribution is 2.23. The Kier molecular flexibility index (Phi) is 2.55. The topological polar surface area (TPSA) is 0 Å². The van der Waals surface area contributed by atoms with E-state index in [0.29, 0.717) is 0 Å². The second-order valence-electron chi connectivity index (χ2n) is 2.52. The van der Waals surface area contributed by atoms with Gasteiger partial charge in [0.05, 0.1) is 0 Å². The van der Waals surface area contributed by atoms with E-state index in [4.69, 9.17) is 0 Å². The van der Waals surface area contributed by atoms with Crippen LogP contribution in [0, 0.1) is 19.7 Å². The van der Waals surface area contributed by atoms with Crippen LogP contribution in [-0.2, 0) is 0 Å². The van der Waals surface area contributed by atoms with Gasteiger partial charge in [-0.15, -0.1) is 11.8 Å². The molecule has 0 spiro atoms. The molecule has 0 aliphatic heterocycles. The Morgan fingerprint density at radius 3 is 2.45 bits per heavy atom. The molecule has 0 bridgehead atoms. The average molecular weight is 170 g/mol. The SMILES string of the molecule is CSc1ccc(C)c(C)c1F. The zero-order chi connectivity index (χ0) is 8.43. The summed E-state index contributed by atoms with van der Waals surface area (Å²) in [4.78, 5) is 0.730. The fourth-order valence-electron chi connectivity index (χ4n) is 0.914. The van der Waals surface area contributed by atoms with Crippen LogP contribution in [0.4, 0.5) is 4.39 Å². The number of aryl methyl sites for hydroxylation is 1. The summed E-state index contributed by atoms with van der Waals surface area (Å²) in [7, 11) is 0. The fourth-order valence-corrected chi connectivity index (χ4v) is 1.45. The smallest absolute Gasteiger partial charge is 0.139 e. The molecule has 0 heterocycles. The molecule has 0 saturated heterocycles. The summed E-state index contributed by atoms with van der Waals surface area (Å²) in [5, 5.41) is 0. The minimum Gasteiger partial charge on any atom is -0.205 e. The molecule has 1 aromatic carbocycles. The first-order valence-corrected chi connectivity index (χ1v) is 4.69. The summed E-state index contributed by atoms with van der Waals surface area (Å²) >= 11 is 1.44. The molecule has 1 rings (SSSR count). The summed E-state index contributed by atoms with van der Waals surface area (Å²) in [5.41, 5.74) is 1.78. The summed E-state index contributed by atoms with van der Waals surface area (Å²) in [6, 6.07) is 3.77. The number of halogens is 1. The maximum absolute atomic E-state index is 13.2. The van der Waals surface area contributed by atoms with Gasteiger partial charge in [-0.05, 0) is 37.3 Å². The van der Waals surface area contributed by atoms with E-state index in [1.54, 1.807) is 0 Å². The largest absolute Gasteiger partial charge is 0.205 e. The molecular formula is C9H11FS. The third-order valence-electron chi connectivity index (χ3n) is 1.84. The van der Waals surface area contributed by atoms with Crippen LogP contribution in [0.15, 0.2) is 17.0 Å². The van der Waals surface area contributed by atoms with Crippen molar-refractivity contribution in [2.75, 3.05) is 6.26 Å². The molecule has 0 fully saturated rings.